The largest absolute Gasteiger partial charge is 0.315 e. The first-order chi connectivity index (χ1) is 9.18. The summed E-state index contributed by atoms with van der Waals surface area (Å²) in [7, 11) is -2.42. The van der Waals surface area contributed by atoms with Gasteiger partial charge in [-0.3, -0.25) is 0 Å². The Bertz CT molecular complexity index is 247. The van der Waals surface area contributed by atoms with Crippen molar-refractivity contribution >= 4 is 10.7 Å². The average molecular weight is 292 g/mol. The second kappa shape index (κ2) is 14.3. The van der Waals surface area contributed by atoms with E-state index < -0.39 is 16.1 Å². The summed E-state index contributed by atoms with van der Waals surface area (Å²) in [6.07, 6.45) is 16.2. The van der Waals surface area contributed by atoms with Crippen LogP contribution >= 0.6 is 0 Å². The van der Waals surface area contributed by atoms with Gasteiger partial charge in [0.05, 0.1) is 0 Å². The van der Waals surface area contributed by atoms with Gasteiger partial charge in [-0.25, -0.2) is 8.42 Å². The predicted molar refractivity (Wildman–Crippen MR) is 84.0 cm³/mol. The molecular weight excluding hydrogens is 258 g/mol. The molecule has 0 heterocycles. The molecule has 3 nitrogen and oxygen atoms in total. The van der Waals surface area contributed by atoms with Crippen LogP contribution in [-0.2, 0) is 10.7 Å². The van der Waals surface area contributed by atoms with Gasteiger partial charge in [0.1, 0.15) is 5.37 Å². The average Bonchev–Trinajstić information content (AvgIpc) is 2.39. The van der Waals surface area contributed by atoms with E-state index in [9.17, 15) is 8.42 Å². The van der Waals surface area contributed by atoms with Crippen LogP contribution in [0.15, 0.2) is 0 Å². The molecule has 0 saturated heterocycles. The van der Waals surface area contributed by atoms with Crippen molar-refractivity contribution in [2.24, 2.45) is 5.73 Å². The molecule has 0 fully saturated rings. The van der Waals surface area contributed by atoms with Crippen LogP contribution in [0, 0.1) is 0 Å². The van der Waals surface area contributed by atoms with Crippen LogP contribution in [0.5, 0.6) is 0 Å². The van der Waals surface area contributed by atoms with Crippen LogP contribution in [0.1, 0.15) is 90.4 Å². The molecular formula is C15H33NO2S. The molecule has 1 atom stereocenters. The third-order valence-corrected chi connectivity index (χ3v) is 4.42. The van der Waals surface area contributed by atoms with Crippen LogP contribution in [0.2, 0.25) is 0 Å². The summed E-state index contributed by atoms with van der Waals surface area (Å²) in [5, 5.41) is -0.627. The summed E-state index contributed by atoms with van der Waals surface area (Å²) in [4.78, 5) is 0. The Morgan fingerprint density at radius 2 is 1.11 bits per heavy atom. The van der Waals surface area contributed by atoms with Crippen LogP contribution < -0.4 is 5.73 Å². The zero-order chi connectivity index (χ0) is 14.3. The van der Waals surface area contributed by atoms with Crippen molar-refractivity contribution in [3.8, 4) is 0 Å². The van der Waals surface area contributed by atoms with Gasteiger partial charge in [-0.1, -0.05) is 84.0 Å². The Morgan fingerprint density at radius 3 is 1.47 bits per heavy atom. The second-order valence-corrected chi connectivity index (χ2v) is 6.76. The fraction of sp³-hybridized carbons (Fsp3) is 1.00. The molecule has 0 aliphatic heterocycles. The fourth-order valence-electron chi connectivity index (χ4n) is 2.30. The lowest BCUT2D eigenvalue weighted by Gasteiger charge is -2.04. The Morgan fingerprint density at radius 1 is 0.737 bits per heavy atom. The van der Waals surface area contributed by atoms with Crippen LogP contribution in [0.25, 0.3) is 0 Å². The van der Waals surface area contributed by atoms with E-state index in [1.54, 1.807) is 0 Å². The summed E-state index contributed by atoms with van der Waals surface area (Å²) in [6.45, 7) is 2.25. The number of thiol groups is 1. The summed E-state index contributed by atoms with van der Waals surface area (Å²) < 4.78 is 21.1. The highest BCUT2D eigenvalue weighted by atomic mass is 32.2. The van der Waals surface area contributed by atoms with Gasteiger partial charge in [0, 0.05) is 0 Å². The first-order valence-electron chi connectivity index (χ1n) is 8.07. The SMILES string of the molecule is CCCCCCCCCCCCCCC(N)[SH](=O)=O. The smallest absolute Gasteiger partial charge is 0.155 e. The van der Waals surface area contributed by atoms with Crippen molar-refractivity contribution in [2.75, 3.05) is 0 Å². The lowest BCUT2D eigenvalue weighted by Crippen LogP contribution is -2.20. The highest BCUT2D eigenvalue weighted by Gasteiger charge is 2.03. The molecule has 0 aliphatic rings. The van der Waals surface area contributed by atoms with Crippen molar-refractivity contribution in [1.29, 1.82) is 0 Å². The minimum absolute atomic E-state index is 0.621. The van der Waals surface area contributed by atoms with E-state index in [1.807, 2.05) is 0 Å². The number of nitrogens with two attached hydrogens (primary N) is 1. The first-order valence-corrected chi connectivity index (χ1v) is 9.32. The molecule has 2 N–H and O–H groups in total. The van der Waals surface area contributed by atoms with Gasteiger partial charge in [-0.05, 0) is 6.42 Å². The van der Waals surface area contributed by atoms with Gasteiger partial charge in [-0.15, -0.1) is 0 Å². The highest BCUT2D eigenvalue weighted by Crippen LogP contribution is 2.12. The van der Waals surface area contributed by atoms with Gasteiger partial charge in [0.15, 0.2) is 10.7 Å². The maximum absolute atomic E-state index is 10.5. The van der Waals surface area contributed by atoms with Crippen molar-refractivity contribution in [3.63, 3.8) is 0 Å². The quantitative estimate of drug-likeness (QED) is 0.376. The molecule has 0 aromatic rings. The maximum atomic E-state index is 10.5. The number of hydrogen-bond donors (Lipinski definition) is 2. The van der Waals surface area contributed by atoms with E-state index in [0.717, 1.165) is 12.8 Å². The summed E-state index contributed by atoms with van der Waals surface area (Å²) in [5.74, 6) is 0. The van der Waals surface area contributed by atoms with Crippen LogP contribution in [-0.4, -0.2) is 13.8 Å². The standard InChI is InChI=1S/C15H33NO2S/c1-2-3-4-5-6-7-8-9-10-11-12-13-14-15(16)19(17)18/h15,19H,2-14,16H2,1H3. The van der Waals surface area contributed by atoms with Gasteiger partial charge >= 0.3 is 0 Å². The predicted octanol–water partition coefficient (Wildman–Crippen LogP) is 3.97. The normalized spacial score (nSPS) is 13.0. The van der Waals surface area contributed by atoms with Gasteiger partial charge in [-0.2, -0.15) is 0 Å². The monoisotopic (exact) mass is 291 g/mol. The number of unbranched alkanes of at least 4 members (excludes halogenated alkanes) is 11. The Balaban J connectivity index is 3.07. The molecule has 1 unspecified atom stereocenters. The molecule has 0 rings (SSSR count). The topological polar surface area (TPSA) is 60.2 Å². The Kier molecular flexibility index (Phi) is 14.3. The zero-order valence-corrected chi connectivity index (χ0v) is 13.5. The van der Waals surface area contributed by atoms with Crippen LogP contribution in [0.4, 0.5) is 0 Å². The molecule has 4 heteroatoms. The van der Waals surface area contributed by atoms with Gasteiger partial charge < -0.3 is 5.73 Å². The van der Waals surface area contributed by atoms with Crippen molar-refractivity contribution in [1.82, 2.24) is 0 Å². The van der Waals surface area contributed by atoms with E-state index in [0.29, 0.717) is 6.42 Å². The number of hydrogen-bond acceptors (Lipinski definition) is 3. The molecule has 0 bridgehead atoms. The highest BCUT2D eigenvalue weighted by molar-refractivity contribution is 7.73. The minimum atomic E-state index is -2.42. The Labute approximate surface area is 121 Å². The van der Waals surface area contributed by atoms with Crippen molar-refractivity contribution in [2.45, 2.75) is 95.8 Å². The molecule has 0 saturated carbocycles. The molecule has 0 spiro atoms. The van der Waals surface area contributed by atoms with Crippen LogP contribution in [0.3, 0.4) is 0 Å². The van der Waals surface area contributed by atoms with Crippen molar-refractivity contribution in [3.05, 3.63) is 0 Å². The van der Waals surface area contributed by atoms with E-state index in [1.165, 1.54) is 64.2 Å². The van der Waals surface area contributed by atoms with Gasteiger partial charge in [0.25, 0.3) is 0 Å². The molecule has 0 amide bonds. The van der Waals surface area contributed by atoms with E-state index in [4.69, 9.17) is 5.73 Å². The van der Waals surface area contributed by atoms with E-state index in [2.05, 4.69) is 6.92 Å². The second-order valence-electron chi connectivity index (χ2n) is 5.53. The fourth-order valence-corrected chi connectivity index (χ4v) is 2.69. The maximum Gasteiger partial charge on any atom is 0.155 e. The lowest BCUT2D eigenvalue weighted by molar-refractivity contribution is 0.533. The first kappa shape index (κ1) is 18.9. The minimum Gasteiger partial charge on any atom is -0.315 e. The Hall–Kier alpha value is -0.0900. The van der Waals surface area contributed by atoms with E-state index in [-0.39, 0.29) is 0 Å². The third kappa shape index (κ3) is 14.1. The van der Waals surface area contributed by atoms with Gasteiger partial charge in [0.2, 0.25) is 0 Å². The third-order valence-electron chi connectivity index (χ3n) is 3.62. The molecule has 0 aromatic heterocycles. The number of rotatable bonds is 14. The molecule has 116 valence electrons. The van der Waals surface area contributed by atoms with Crippen molar-refractivity contribution < 1.29 is 8.42 Å². The molecule has 0 radical (unpaired) electrons. The summed E-state index contributed by atoms with van der Waals surface area (Å²) >= 11 is 0. The molecule has 19 heavy (non-hydrogen) atoms. The summed E-state index contributed by atoms with van der Waals surface area (Å²) in [6, 6.07) is 0. The lowest BCUT2D eigenvalue weighted by atomic mass is 10.0. The molecule has 0 aromatic carbocycles. The van der Waals surface area contributed by atoms with E-state index >= 15 is 0 Å². The molecule has 0 aliphatic carbocycles. The zero-order valence-electron chi connectivity index (χ0n) is 12.6. The summed E-state index contributed by atoms with van der Waals surface area (Å²) in [5.41, 5.74) is 5.45.